The molecule has 2 aromatic carbocycles. The summed E-state index contributed by atoms with van der Waals surface area (Å²) in [6.07, 6.45) is 6.58. The van der Waals surface area contributed by atoms with Crippen molar-refractivity contribution in [3.05, 3.63) is 83.8 Å². The first-order valence-electron chi connectivity index (χ1n) is 11.9. The number of carbonyl (C=O) groups is 1. The van der Waals surface area contributed by atoms with Crippen LogP contribution in [-0.4, -0.2) is 55.3 Å². The van der Waals surface area contributed by atoms with E-state index in [2.05, 4.69) is 47.6 Å². The normalized spacial score (nSPS) is 15.7. The van der Waals surface area contributed by atoms with Crippen molar-refractivity contribution in [2.75, 3.05) is 33.5 Å². The summed E-state index contributed by atoms with van der Waals surface area (Å²) >= 11 is 1.77. The average molecular weight is 479 g/mol. The number of piperidine rings is 1. The molecule has 1 fully saturated rings. The lowest BCUT2D eigenvalue weighted by molar-refractivity contribution is 0.0556. The monoisotopic (exact) mass is 478 g/mol. The molecule has 5 nitrogen and oxygen atoms in total. The molecule has 0 bridgehead atoms. The summed E-state index contributed by atoms with van der Waals surface area (Å²) < 4.78 is 10.8. The van der Waals surface area contributed by atoms with Gasteiger partial charge in [-0.15, -0.1) is 11.8 Å². The number of likely N-dealkylation sites (tertiary alicyclic amines) is 1. The van der Waals surface area contributed by atoms with E-state index in [0.29, 0.717) is 11.7 Å². The highest BCUT2D eigenvalue weighted by Gasteiger charge is 2.32. The summed E-state index contributed by atoms with van der Waals surface area (Å²) in [7, 11) is 3.60. The van der Waals surface area contributed by atoms with Gasteiger partial charge in [-0.3, -0.25) is 9.69 Å². The number of carbonyl (C=O) groups excluding carboxylic acids is 1. The molecule has 1 saturated heterocycles. The van der Waals surface area contributed by atoms with Gasteiger partial charge in [-0.1, -0.05) is 24.3 Å². The molecule has 1 aromatic heterocycles. The Hall–Kier alpha value is -2.70. The van der Waals surface area contributed by atoms with Crippen molar-refractivity contribution >= 4 is 17.7 Å². The highest BCUT2D eigenvalue weighted by molar-refractivity contribution is 7.98. The zero-order valence-corrected chi connectivity index (χ0v) is 21.1. The van der Waals surface area contributed by atoms with Gasteiger partial charge in [-0.05, 0) is 92.1 Å². The molecular formula is C28H34N2O3S. The molecule has 180 valence electrons. The van der Waals surface area contributed by atoms with Crippen molar-refractivity contribution < 1.29 is 13.9 Å². The fourth-order valence-corrected chi connectivity index (χ4v) is 5.28. The van der Waals surface area contributed by atoms with E-state index in [-0.39, 0.29) is 11.9 Å². The molecule has 0 radical (unpaired) electrons. The fraction of sp³-hybridized carbons (Fsp3) is 0.393. The van der Waals surface area contributed by atoms with Gasteiger partial charge in [0.05, 0.1) is 13.4 Å². The second-order valence-corrected chi connectivity index (χ2v) is 9.86. The molecule has 6 heteroatoms. The molecule has 0 saturated carbocycles. The van der Waals surface area contributed by atoms with Crippen LogP contribution in [0.4, 0.5) is 0 Å². The number of methoxy groups -OCH3 is 1. The number of ether oxygens (including phenoxy) is 1. The van der Waals surface area contributed by atoms with Gasteiger partial charge in [-0.25, -0.2) is 0 Å². The Bertz CT molecular complexity index is 1040. The molecule has 1 aliphatic heterocycles. The van der Waals surface area contributed by atoms with Crippen molar-refractivity contribution in [2.45, 2.75) is 36.7 Å². The topological polar surface area (TPSA) is 45.9 Å². The number of thioether (sulfide) groups is 1. The third-order valence-electron chi connectivity index (χ3n) is 6.87. The maximum atomic E-state index is 13.2. The number of likely N-dealkylation sites (N-methyl/N-ethyl adjacent to an activating group) is 1. The number of hydrogen-bond donors (Lipinski definition) is 0. The SMILES string of the molecule is COc1cccc(C[C@H](C2CCN(Cc3ccc(SC)cc3)CC2)N(C)C(=O)c2ccco2)c1. The van der Waals surface area contributed by atoms with Gasteiger partial charge in [0, 0.05) is 24.5 Å². The number of rotatable bonds is 9. The fourth-order valence-electron chi connectivity index (χ4n) is 4.87. The smallest absolute Gasteiger partial charge is 0.289 e. The molecular weight excluding hydrogens is 444 g/mol. The van der Waals surface area contributed by atoms with E-state index < -0.39 is 0 Å². The summed E-state index contributed by atoms with van der Waals surface area (Å²) in [5, 5.41) is 0. The predicted octanol–water partition coefficient (Wildman–Crippen LogP) is 5.61. The largest absolute Gasteiger partial charge is 0.497 e. The Morgan fingerprint density at radius 3 is 2.53 bits per heavy atom. The van der Waals surface area contributed by atoms with Crippen LogP contribution in [0.1, 0.15) is 34.5 Å². The van der Waals surface area contributed by atoms with Crippen LogP contribution in [0.25, 0.3) is 0 Å². The van der Waals surface area contributed by atoms with Gasteiger partial charge in [0.25, 0.3) is 5.91 Å². The number of nitrogens with zero attached hydrogens (tertiary/aromatic N) is 2. The first kappa shape index (κ1) is 24.4. The Labute approximate surface area is 207 Å². The Kier molecular flexibility index (Phi) is 8.35. The summed E-state index contributed by atoms with van der Waals surface area (Å²) in [5.74, 6) is 1.60. The van der Waals surface area contributed by atoms with Crippen molar-refractivity contribution in [1.82, 2.24) is 9.80 Å². The van der Waals surface area contributed by atoms with Crippen molar-refractivity contribution in [1.29, 1.82) is 0 Å². The summed E-state index contributed by atoms with van der Waals surface area (Å²) in [6, 6.07) is 20.6. The second-order valence-electron chi connectivity index (χ2n) is 8.98. The van der Waals surface area contributed by atoms with Crippen LogP contribution in [0.2, 0.25) is 0 Å². The first-order valence-corrected chi connectivity index (χ1v) is 13.1. The molecule has 0 spiro atoms. The van der Waals surface area contributed by atoms with Gasteiger partial charge in [0.1, 0.15) is 5.75 Å². The number of hydrogen-bond acceptors (Lipinski definition) is 5. The van der Waals surface area contributed by atoms with E-state index in [1.54, 1.807) is 37.3 Å². The minimum atomic E-state index is -0.0609. The van der Waals surface area contributed by atoms with E-state index >= 15 is 0 Å². The van der Waals surface area contributed by atoms with Crippen LogP contribution in [0.3, 0.4) is 0 Å². The van der Waals surface area contributed by atoms with E-state index in [4.69, 9.17) is 9.15 Å². The quantitative estimate of drug-likeness (QED) is 0.374. The zero-order valence-electron chi connectivity index (χ0n) is 20.3. The third kappa shape index (κ3) is 6.05. The van der Waals surface area contributed by atoms with Crippen LogP contribution in [0, 0.1) is 5.92 Å². The van der Waals surface area contributed by atoms with Crippen LogP contribution in [0.5, 0.6) is 5.75 Å². The van der Waals surface area contributed by atoms with Gasteiger partial charge < -0.3 is 14.1 Å². The first-order chi connectivity index (χ1) is 16.6. The summed E-state index contributed by atoms with van der Waals surface area (Å²) in [4.78, 5) is 18.9. The maximum absolute atomic E-state index is 13.2. The van der Waals surface area contributed by atoms with E-state index in [1.165, 1.54) is 16.0 Å². The zero-order chi connectivity index (χ0) is 23.9. The van der Waals surface area contributed by atoms with Gasteiger partial charge in [-0.2, -0.15) is 0 Å². The molecule has 0 aliphatic carbocycles. The van der Waals surface area contributed by atoms with Crippen LogP contribution in [0.15, 0.2) is 76.2 Å². The minimum absolute atomic E-state index is 0.0609. The lowest BCUT2D eigenvalue weighted by atomic mass is 9.84. The predicted molar refractivity (Wildman–Crippen MR) is 138 cm³/mol. The van der Waals surface area contributed by atoms with Gasteiger partial charge >= 0.3 is 0 Å². The lowest BCUT2D eigenvalue weighted by Crippen LogP contribution is -2.47. The van der Waals surface area contributed by atoms with Gasteiger partial charge in [0.2, 0.25) is 0 Å². The minimum Gasteiger partial charge on any atom is -0.497 e. The van der Waals surface area contributed by atoms with E-state index in [9.17, 15) is 4.79 Å². The van der Waals surface area contributed by atoms with Crippen molar-refractivity contribution in [2.24, 2.45) is 5.92 Å². The average Bonchev–Trinajstić information content (AvgIpc) is 3.43. The standard InChI is InChI=1S/C28H34N2O3S/c1-29(28(31)27-8-5-17-33-27)26(19-22-6-4-7-24(18-22)32-2)23-13-15-30(16-14-23)20-21-9-11-25(34-3)12-10-21/h4-12,17-18,23,26H,13-16,19-20H2,1-3H3/t26-/m1/s1. The molecule has 34 heavy (non-hydrogen) atoms. The molecule has 4 rings (SSSR count). The van der Waals surface area contributed by atoms with Crippen LogP contribution >= 0.6 is 11.8 Å². The van der Waals surface area contributed by atoms with Gasteiger partial charge in [0.15, 0.2) is 5.76 Å². The molecule has 1 atom stereocenters. The molecule has 1 amide bonds. The Balaban J connectivity index is 1.45. The Morgan fingerprint density at radius 1 is 1.12 bits per heavy atom. The highest BCUT2D eigenvalue weighted by Crippen LogP contribution is 2.29. The molecule has 2 heterocycles. The van der Waals surface area contributed by atoms with E-state index in [0.717, 1.165) is 44.6 Å². The second kappa shape index (κ2) is 11.6. The third-order valence-corrected chi connectivity index (χ3v) is 7.61. The molecule has 0 unspecified atom stereocenters. The molecule has 0 N–H and O–H groups in total. The lowest BCUT2D eigenvalue weighted by Gasteiger charge is -2.40. The summed E-state index contributed by atoms with van der Waals surface area (Å²) in [6.45, 7) is 3.04. The number of furan rings is 1. The number of benzene rings is 2. The number of amides is 1. The van der Waals surface area contributed by atoms with Crippen molar-refractivity contribution in [3.63, 3.8) is 0 Å². The Morgan fingerprint density at radius 2 is 1.88 bits per heavy atom. The van der Waals surface area contributed by atoms with Crippen molar-refractivity contribution in [3.8, 4) is 5.75 Å². The molecule has 1 aliphatic rings. The van der Waals surface area contributed by atoms with Crippen LogP contribution in [-0.2, 0) is 13.0 Å². The molecule has 3 aromatic rings. The van der Waals surface area contributed by atoms with E-state index in [1.807, 2.05) is 24.1 Å². The highest BCUT2D eigenvalue weighted by atomic mass is 32.2. The maximum Gasteiger partial charge on any atom is 0.289 e. The van der Waals surface area contributed by atoms with Crippen LogP contribution < -0.4 is 4.74 Å². The summed E-state index contributed by atoms with van der Waals surface area (Å²) in [5.41, 5.74) is 2.54.